The summed E-state index contributed by atoms with van der Waals surface area (Å²) >= 11 is 1.97. The van der Waals surface area contributed by atoms with Crippen LogP contribution in [0.25, 0.3) is 12.2 Å². The summed E-state index contributed by atoms with van der Waals surface area (Å²) in [7, 11) is 0. The number of hydrogen-bond acceptors (Lipinski definition) is 2. The zero-order chi connectivity index (χ0) is 16.7. The van der Waals surface area contributed by atoms with Gasteiger partial charge in [-0.1, -0.05) is 24.3 Å². The number of rotatable bonds is 6. The van der Waals surface area contributed by atoms with Crippen LogP contribution in [0.1, 0.15) is 11.1 Å². The minimum absolute atomic E-state index is 0.113. The van der Waals surface area contributed by atoms with E-state index in [0.29, 0.717) is 0 Å². The van der Waals surface area contributed by atoms with Crippen LogP contribution in [0.2, 0.25) is 0 Å². The third-order valence-electron chi connectivity index (χ3n) is 2.80. The number of halogens is 2. The second-order valence-electron chi connectivity index (χ2n) is 4.59. The lowest BCUT2D eigenvalue weighted by molar-refractivity contribution is 0.596. The van der Waals surface area contributed by atoms with Gasteiger partial charge in [0, 0.05) is 29.5 Å². The fraction of sp³-hybridized carbons (Fsp3) is 0.0588. The van der Waals surface area contributed by atoms with Crippen LogP contribution >= 0.6 is 45.2 Å². The molecule has 2 aromatic rings. The fourth-order valence-corrected chi connectivity index (χ4v) is 4.53. The minimum atomic E-state index is -1.25. The van der Waals surface area contributed by atoms with Gasteiger partial charge in [0.2, 0.25) is 0 Å². The molecular formula is C17H14I2O2S2. The summed E-state index contributed by atoms with van der Waals surface area (Å²) in [5.74, 6) is 0. The smallest absolute Gasteiger partial charge is 0.262 e. The van der Waals surface area contributed by atoms with Gasteiger partial charge < -0.3 is 9.11 Å². The van der Waals surface area contributed by atoms with Crippen LogP contribution in [0.3, 0.4) is 0 Å². The van der Waals surface area contributed by atoms with E-state index in [0.717, 1.165) is 18.3 Å². The van der Waals surface area contributed by atoms with Gasteiger partial charge in [-0.2, -0.15) is 0 Å². The first-order valence-corrected chi connectivity index (χ1v) is 11.6. The number of benzene rings is 2. The Morgan fingerprint density at radius 2 is 1.04 bits per heavy atom. The van der Waals surface area contributed by atoms with Crippen molar-refractivity contribution in [2.75, 3.05) is 5.08 Å². The summed E-state index contributed by atoms with van der Waals surface area (Å²) < 4.78 is 26.2. The first kappa shape index (κ1) is 19.3. The van der Waals surface area contributed by atoms with Crippen molar-refractivity contribution in [3.63, 3.8) is 0 Å². The van der Waals surface area contributed by atoms with E-state index in [-0.39, 0.29) is 5.08 Å². The van der Waals surface area contributed by atoms with E-state index in [1.165, 1.54) is 0 Å². The Morgan fingerprint density at radius 3 is 1.39 bits per heavy atom. The Bertz CT molecular complexity index is 610. The van der Waals surface area contributed by atoms with Crippen molar-refractivity contribution in [2.45, 2.75) is 0 Å². The number of hydrogen-bond donors (Lipinski definition) is 0. The summed E-state index contributed by atoms with van der Waals surface area (Å²) in [6.45, 7) is 0. The molecule has 2 rings (SSSR count). The zero-order valence-corrected chi connectivity index (χ0v) is 18.0. The van der Waals surface area contributed by atoms with Crippen molar-refractivity contribution in [2.24, 2.45) is 0 Å². The molecule has 0 aliphatic heterocycles. The molecule has 0 saturated heterocycles. The molecular weight excluding hydrogens is 554 g/mol. The highest BCUT2D eigenvalue weighted by molar-refractivity contribution is 14.1. The maximum Gasteiger partial charge on any atom is 0.262 e. The maximum absolute atomic E-state index is 11.9. The molecule has 2 atom stereocenters. The molecule has 0 saturated carbocycles. The highest BCUT2D eigenvalue weighted by atomic mass is 127. The summed E-state index contributed by atoms with van der Waals surface area (Å²) in [6.07, 6.45) is 3.60. The molecule has 2 unspecified atom stereocenters. The highest BCUT2D eigenvalue weighted by Crippen LogP contribution is 2.12. The second-order valence-corrected chi connectivity index (χ2v) is 10.1. The van der Waals surface area contributed by atoms with Crippen molar-refractivity contribution in [1.82, 2.24) is 0 Å². The highest BCUT2D eigenvalue weighted by Gasteiger charge is 2.11. The molecule has 0 aliphatic carbocycles. The monoisotopic (exact) mass is 568 g/mol. The van der Waals surface area contributed by atoms with Gasteiger partial charge >= 0.3 is 0 Å². The van der Waals surface area contributed by atoms with Gasteiger partial charge in [0.25, 0.3) is 5.08 Å². The van der Waals surface area contributed by atoms with Crippen molar-refractivity contribution < 1.29 is 9.11 Å². The Hall–Kier alpha value is -0.000000000000000111. The summed E-state index contributed by atoms with van der Waals surface area (Å²) in [6, 6.07) is 15.8. The molecule has 0 bridgehead atoms. The summed E-state index contributed by atoms with van der Waals surface area (Å²) in [5, 5.41) is 3.30. The Morgan fingerprint density at radius 1 is 0.696 bits per heavy atom. The van der Waals surface area contributed by atoms with E-state index in [1.807, 2.05) is 48.5 Å². The van der Waals surface area contributed by atoms with E-state index in [4.69, 9.17) is 0 Å². The van der Waals surface area contributed by atoms with Crippen LogP contribution in [-0.4, -0.2) is 14.2 Å². The van der Waals surface area contributed by atoms with Gasteiger partial charge in [-0.15, -0.1) is 0 Å². The van der Waals surface area contributed by atoms with Crippen LogP contribution in [-0.2, 0) is 22.4 Å². The van der Waals surface area contributed by atoms with E-state index in [2.05, 4.69) is 45.2 Å². The van der Waals surface area contributed by atoms with Crippen LogP contribution < -0.4 is 0 Å². The average Bonchev–Trinajstić information content (AvgIpc) is 2.54. The van der Waals surface area contributed by atoms with Crippen LogP contribution in [0, 0.1) is 7.14 Å². The lowest BCUT2D eigenvalue weighted by Gasteiger charge is -2.07. The quantitative estimate of drug-likeness (QED) is 0.364. The summed E-state index contributed by atoms with van der Waals surface area (Å²) in [4.78, 5) is 0. The molecule has 2 nitrogen and oxygen atoms in total. The van der Waals surface area contributed by atoms with Crippen LogP contribution in [0.4, 0.5) is 0 Å². The molecule has 2 aromatic carbocycles. The van der Waals surface area contributed by atoms with Crippen LogP contribution in [0.5, 0.6) is 0 Å². The molecule has 120 valence electrons. The molecule has 0 heterocycles. The normalized spacial score (nSPS) is 14.4. The van der Waals surface area contributed by atoms with E-state index in [9.17, 15) is 9.11 Å². The molecule has 6 heteroatoms. The van der Waals surface area contributed by atoms with Gasteiger partial charge in [-0.3, -0.25) is 0 Å². The molecule has 0 aliphatic rings. The topological polar surface area (TPSA) is 46.1 Å². The first-order valence-electron chi connectivity index (χ1n) is 6.65. The molecule has 0 radical (unpaired) electrons. The molecule has 0 spiro atoms. The fourth-order valence-electron chi connectivity index (χ4n) is 1.65. The van der Waals surface area contributed by atoms with Crippen molar-refractivity contribution in [3.8, 4) is 0 Å². The summed E-state index contributed by atoms with van der Waals surface area (Å²) in [5.41, 5.74) is 1.97. The molecule has 0 aromatic heterocycles. The van der Waals surface area contributed by atoms with Gasteiger partial charge in [0.1, 0.15) is 10.8 Å². The van der Waals surface area contributed by atoms with Gasteiger partial charge in [-0.05, 0) is 92.7 Å². The largest absolute Gasteiger partial charge is 0.608 e. The Labute approximate surface area is 170 Å². The third-order valence-corrected chi connectivity index (χ3v) is 6.97. The first-order chi connectivity index (χ1) is 11.0. The van der Waals surface area contributed by atoms with E-state index >= 15 is 0 Å². The van der Waals surface area contributed by atoms with Gasteiger partial charge in [-0.25, -0.2) is 0 Å². The van der Waals surface area contributed by atoms with E-state index in [1.54, 1.807) is 23.0 Å². The minimum Gasteiger partial charge on any atom is -0.608 e. The molecule has 0 fully saturated rings. The lowest BCUT2D eigenvalue weighted by atomic mass is 10.2. The van der Waals surface area contributed by atoms with Gasteiger partial charge in [0.15, 0.2) is 0 Å². The zero-order valence-electron chi connectivity index (χ0n) is 12.0. The van der Waals surface area contributed by atoms with Crippen LogP contribution in [0.15, 0.2) is 59.3 Å². The molecule has 23 heavy (non-hydrogen) atoms. The maximum atomic E-state index is 11.9. The second kappa shape index (κ2) is 10.1. The molecule has 0 N–H and O–H groups in total. The van der Waals surface area contributed by atoms with Crippen molar-refractivity contribution in [3.05, 3.63) is 77.6 Å². The molecule has 0 amide bonds. The predicted octanol–water partition coefficient (Wildman–Crippen LogP) is 4.99. The third kappa shape index (κ3) is 7.61. The van der Waals surface area contributed by atoms with Gasteiger partial charge in [0.05, 0.1) is 0 Å². The lowest BCUT2D eigenvalue weighted by Crippen LogP contribution is -2.11. The standard InChI is InChI=1S/C17H14I2O2S2/c18-16-5-1-14(2-6-16)9-11-22(20)13-23(21)12-10-15-3-7-17(19)8-4-15/h1-12H,13H2/b11-9-,12-10+. The Balaban J connectivity index is 1.85. The average molecular weight is 568 g/mol. The SMILES string of the molecule is [O-][S+](/C=C\c1ccc(I)cc1)C[S+]([O-])/C=C/c1ccc(I)cc1. The van der Waals surface area contributed by atoms with E-state index < -0.39 is 22.4 Å². The van der Waals surface area contributed by atoms with Crippen molar-refractivity contribution in [1.29, 1.82) is 0 Å². The van der Waals surface area contributed by atoms with Crippen molar-refractivity contribution >= 4 is 79.7 Å². The Kier molecular flexibility index (Phi) is 8.48. The predicted molar refractivity (Wildman–Crippen MR) is 118 cm³/mol.